The molecule has 0 saturated heterocycles. The van der Waals surface area contributed by atoms with Crippen LogP contribution in [-0.2, 0) is 4.79 Å². The Morgan fingerprint density at radius 2 is 2.11 bits per heavy atom. The van der Waals surface area contributed by atoms with E-state index in [2.05, 4.69) is 26.2 Å². The number of nitrogens with zero attached hydrogens (tertiary/aromatic N) is 2. The molecule has 10 heteroatoms. The fraction of sp³-hybridized carbons (Fsp3) is 0.167. The molecule has 2 heterocycles. The van der Waals surface area contributed by atoms with E-state index in [1.54, 1.807) is 30.6 Å². The number of carbonyl (C=O) groups is 2. The Morgan fingerprint density at radius 3 is 2.75 bits per heavy atom. The molecule has 3 aromatic rings. The highest BCUT2D eigenvalue weighted by molar-refractivity contribution is 9.11. The van der Waals surface area contributed by atoms with Crippen LogP contribution >= 0.6 is 38.6 Å². The zero-order chi connectivity index (χ0) is 20.3. The second-order valence-electron chi connectivity index (χ2n) is 5.70. The van der Waals surface area contributed by atoms with Gasteiger partial charge in [-0.25, -0.2) is 9.37 Å². The summed E-state index contributed by atoms with van der Waals surface area (Å²) in [7, 11) is 2.95. The Morgan fingerprint density at radius 1 is 1.32 bits per heavy atom. The van der Waals surface area contributed by atoms with Crippen LogP contribution in [0.4, 0.5) is 9.52 Å². The van der Waals surface area contributed by atoms with E-state index in [0.29, 0.717) is 21.3 Å². The van der Waals surface area contributed by atoms with Crippen LogP contribution in [0, 0.1) is 5.82 Å². The molecule has 0 atom stereocenters. The number of likely N-dealkylation sites (N-methyl/N-ethyl adjacent to an activating group) is 1. The first-order chi connectivity index (χ1) is 13.4. The van der Waals surface area contributed by atoms with Crippen LogP contribution in [0.2, 0.25) is 0 Å². The summed E-state index contributed by atoms with van der Waals surface area (Å²) < 4.78 is 19.6. The summed E-state index contributed by atoms with van der Waals surface area (Å²) in [5, 5.41) is 4.75. The standard InChI is InChI=1S/C18H15BrFN3O3S2/c1-23(17(25)14-5-6-15(19)28-14)8-16(24)22-18-21-12(9-27-18)10-3-4-13(26-2)11(20)7-10/h3-7,9H,8H2,1-2H3,(H,21,22,24). The van der Waals surface area contributed by atoms with Gasteiger partial charge in [0.25, 0.3) is 5.91 Å². The summed E-state index contributed by atoms with van der Waals surface area (Å²) in [6.45, 7) is -0.111. The van der Waals surface area contributed by atoms with E-state index >= 15 is 0 Å². The van der Waals surface area contributed by atoms with Gasteiger partial charge >= 0.3 is 0 Å². The van der Waals surface area contributed by atoms with Crippen molar-refractivity contribution >= 4 is 55.5 Å². The zero-order valence-corrected chi connectivity index (χ0v) is 18.1. The number of amides is 2. The van der Waals surface area contributed by atoms with E-state index in [1.165, 1.54) is 46.8 Å². The Labute approximate surface area is 177 Å². The summed E-state index contributed by atoms with van der Waals surface area (Å²) >= 11 is 5.83. The maximum Gasteiger partial charge on any atom is 0.264 e. The van der Waals surface area contributed by atoms with Gasteiger partial charge < -0.3 is 15.0 Å². The molecule has 0 spiro atoms. The third kappa shape index (κ3) is 4.75. The number of rotatable bonds is 6. The molecule has 1 N–H and O–H groups in total. The lowest BCUT2D eigenvalue weighted by atomic mass is 10.1. The lowest BCUT2D eigenvalue weighted by Gasteiger charge is -2.15. The normalized spacial score (nSPS) is 10.6. The predicted octanol–water partition coefficient (Wildman–Crippen LogP) is 4.49. The molecule has 1 aromatic carbocycles. The van der Waals surface area contributed by atoms with Gasteiger partial charge in [-0.15, -0.1) is 22.7 Å². The number of anilines is 1. The third-order valence-electron chi connectivity index (χ3n) is 3.71. The molecule has 6 nitrogen and oxygen atoms in total. The number of thiophene rings is 1. The number of carbonyl (C=O) groups excluding carboxylic acids is 2. The number of benzene rings is 1. The zero-order valence-electron chi connectivity index (χ0n) is 14.9. The SMILES string of the molecule is COc1ccc(-c2csc(NC(=O)CN(C)C(=O)c3ccc(Br)s3)n2)cc1F. The topological polar surface area (TPSA) is 71.5 Å². The fourth-order valence-electron chi connectivity index (χ4n) is 2.35. The lowest BCUT2D eigenvalue weighted by molar-refractivity contribution is -0.116. The summed E-state index contributed by atoms with van der Waals surface area (Å²) in [5.74, 6) is -0.940. The molecule has 0 aliphatic heterocycles. The molecule has 28 heavy (non-hydrogen) atoms. The van der Waals surface area contributed by atoms with Crippen LogP contribution in [0.5, 0.6) is 5.75 Å². The van der Waals surface area contributed by atoms with Crippen LogP contribution < -0.4 is 10.1 Å². The van der Waals surface area contributed by atoms with Crippen molar-refractivity contribution in [2.24, 2.45) is 0 Å². The molecule has 2 aromatic heterocycles. The van der Waals surface area contributed by atoms with Crippen molar-refractivity contribution in [2.75, 3.05) is 26.0 Å². The van der Waals surface area contributed by atoms with E-state index in [0.717, 1.165) is 3.79 Å². The average Bonchev–Trinajstić information content (AvgIpc) is 3.30. The van der Waals surface area contributed by atoms with Crippen molar-refractivity contribution in [3.8, 4) is 17.0 Å². The molecular weight excluding hydrogens is 469 g/mol. The first-order valence-corrected chi connectivity index (χ1v) is 10.5. The highest BCUT2D eigenvalue weighted by Crippen LogP contribution is 2.28. The monoisotopic (exact) mass is 483 g/mol. The minimum absolute atomic E-state index is 0.111. The van der Waals surface area contributed by atoms with Crippen LogP contribution in [-0.4, -0.2) is 42.4 Å². The van der Waals surface area contributed by atoms with Crippen LogP contribution in [0.1, 0.15) is 9.67 Å². The maximum atomic E-state index is 13.9. The van der Waals surface area contributed by atoms with Crippen molar-refractivity contribution < 1.29 is 18.7 Å². The van der Waals surface area contributed by atoms with E-state index < -0.39 is 5.82 Å². The second kappa shape index (κ2) is 8.80. The summed E-state index contributed by atoms with van der Waals surface area (Å²) in [6, 6.07) is 8.02. The predicted molar refractivity (Wildman–Crippen MR) is 112 cm³/mol. The van der Waals surface area contributed by atoms with Gasteiger partial charge in [0.15, 0.2) is 16.7 Å². The lowest BCUT2D eigenvalue weighted by Crippen LogP contribution is -2.34. The molecular formula is C18H15BrFN3O3S2. The van der Waals surface area contributed by atoms with Crippen molar-refractivity contribution in [1.82, 2.24) is 9.88 Å². The molecule has 0 aliphatic carbocycles. The quantitative estimate of drug-likeness (QED) is 0.560. The Bertz CT molecular complexity index is 1020. The first kappa shape index (κ1) is 20.4. The Balaban J connectivity index is 1.62. The first-order valence-electron chi connectivity index (χ1n) is 7.97. The number of ether oxygens (including phenoxy) is 1. The molecule has 3 rings (SSSR count). The smallest absolute Gasteiger partial charge is 0.264 e. The van der Waals surface area contributed by atoms with Gasteiger partial charge in [-0.1, -0.05) is 0 Å². The number of thiazole rings is 1. The van der Waals surface area contributed by atoms with Crippen molar-refractivity contribution in [3.05, 3.63) is 50.2 Å². The summed E-state index contributed by atoms with van der Waals surface area (Å²) in [6.07, 6.45) is 0. The Hall–Kier alpha value is -2.30. The number of hydrogen-bond donors (Lipinski definition) is 1. The molecule has 0 aliphatic rings. The highest BCUT2D eigenvalue weighted by atomic mass is 79.9. The van der Waals surface area contributed by atoms with Gasteiger partial charge in [0, 0.05) is 18.0 Å². The molecule has 146 valence electrons. The largest absolute Gasteiger partial charge is 0.494 e. The van der Waals surface area contributed by atoms with Gasteiger partial charge in [0.2, 0.25) is 5.91 Å². The van der Waals surface area contributed by atoms with E-state index in [1.807, 2.05) is 0 Å². The molecule has 0 fully saturated rings. The minimum atomic E-state index is -0.487. The molecule has 0 bridgehead atoms. The van der Waals surface area contributed by atoms with Gasteiger partial charge in [-0.3, -0.25) is 9.59 Å². The van der Waals surface area contributed by atoms with E-state index in [9.17, 15) is 14.0 Å². The van der Waals surface area contributed by atoms with Gasteiger partial charge in [0.05, 0.1) is 28.0 Å². The summed E-state index contributed by atoms with van der Waals surface area (Å²) in [5.41, 5.74) is 1.11. The van der Waals surface area contributed by atoms with Gasteiger partial charge in [-0.2, -0.15) is 0 Å². The Kier molecular flexibility index (Phi) is 6.42. The van der Waals surface area contributed by atoms with Crippen LogP contribution in [0.3, 0.4) is 0 Å². The van der Waals surface area contributed by atoms with Gasteiger partial charge in [0.1, 0.15) is 0 Å². The second-order valence-corrected chi connectivity index (χ2v) is 9.02. The minimum Gasteiger partial charge on any atom is -0.494 e. The summed E-state index contributed by atoms with van der Waals surface area (Å²) in [4.78, 5) is 30.7. The highest BCUT2D eigenvalue weighted by Gasteiger charge is 2.17. The van der Waals surface area contributed by atoms with Crippen LogP contribution in [0.25, 0.3) is 11.3 Å². The molecule has 0 saturated carbocycles. The van der Waals surface area contributed by atoms with Crippen molar-refractivity contribution in [1.29, 1.82) is 0 Å². The molecule has 2 amide bonds. The van der Waals surface area contributed by atoms with Crippen molar-refractivity contribution in [3.63, 3.8) is 0 Å². The molecule has 0 radical (unpaired) electrons. The average molecular weight is 484 g/mol. The van der Waals surface area contributed by atoms with Crippen molar-refractivity contribution in [2.45, 2.75) is 0 Å². The number of aromatic nitrogens is 1. The fourth-order valence-corrected chi connectivity index (χ4v) is 4.47. The number of hydrogen-bond acceptors (Lipinski definition) is 6. The number of halogens is 2. The maximum absolute atomic E-state index is 13.9. The third-order valence-corrected chi connectivity index (χ3v) is 6.08. The van der Waals surface area contributed by atoms with Gasteiger partial charge in [-0.05, 0) is 46.3 Å². The number of nitrogens with one attached hydrogen (secondary N) is 1. The molecule has 0 unspecified atom stereocenters. The van der Waals surface area contributed by atoms with E-state index in [-0.39, 0.29) is 24.1 Å². The number of methoxy groups -OCH3 is 1. The van der Waals surface area contributed by atoms with E-state index in [4.69, 9.17) is 4.74 Å². The van der Waals surface area contributed by atoms with Crippen LogP contribution in [0.15, 0.2) is 39.5 Å².